The molecule has 0 bridgehead atoms. The van der Waals surface area contributed by atoms with Crippen LogP contribution in [-0.2, 0) is 4.79 Å². The molecule has 0 radical (unpaired) electrons. The minimum atomic E-state index is -1.08. The number of phenols is 1. The van der Waals surface area contributed by atoms with Crippen LogP contribution in [0.4, 0.5) is 8.78 Å². The predicted octanol–water partition coefficient (Wildman–Crippen LogP) is 4.59. The number of halogens is 2. The minimum absolute atomic E-state index is 0.0439. The van der Waals surface area contributed by atoms with Gasteiger partial charge in [-0.3, -0.25) is 14.2 Å². The Kier molecular flexibility index (Phi) is 5.18. The van der Waals surface area contributed by atoms with Crippen molar-refractivity contribution in [2.24, 2.45) is 0 Å². The first-order chi connectivity index (χ1) is 13.3. The maximum Gasteiger partial charge on any atom is 0.311 e. The van der Waals surface area contributed by atoms with Gasteiger partial charge in [0, 0.05) is 22.7 Å². The van der Waals surface area contributed by atoms with Gasteiger partial charge < -0.3 is 10.2 Å². The number of aliphatic carboxylic acids is 1. The summed E-state index contributed by atoms with van der Waals surface area (Å²) in [6.45, 7) is 3.40. The molecule has 7 heteroatoms. The Labute approximate surface area is 159 Å². The maximum atomic E-state index is 14.1. The summed E-state index contributed by atoms with van der Waals surface area (Å²) in [4.78, 5) is 24.9. The number of fused-ring (bicyclic) bond motifs is 1. The third-order valence-electron chi connectivity index (χ3n) is 4.82. The Morgan fingerprint density at radius 1 is 1.18 bits per heavy atom. The van der Waals surface area contributed by atoms with Crippen LogP contribution in [0.15, 0.2) is 36.4 Å². The zero-order valence-electron chi connectivity index (χ0n) is 15.4. The second-order valence-electron chi connectivity index (χ2n) is 6.65. The van der Waals surface area contributed by atoms with Crippen LogP contribution in [0.25, 0.3) is 10.9 Å². The Bertz CT molecular complexity index is 1090. The van der Waals surface area contributed by atoms with E-state index in [1.807, 2.05) is 6.92 Å². The standard InChI is InChI=1S/C21H19F2NO4/c1-3-5-14(21(27)28)19-11(2)24(17-10-16(23)18(25)9-15(17)19)20(26)12-6-4-7-13(22)8-12/h4,6-10,14,25H,3,5H2,1-2H3,(H,27,28)/t14-/m0/s1. The van der Waals surface area contributed by atoms with E-state index in [0.29, 0.717) is 24.1 Å². The number of nitrogens with zero attached hydrogens (tertiary/aromatic N) is 1. The largest absolute Gasteiger partial charge is 0.505 e. The molecule has 3 aromatic rings. The third kappa shape index (κ3) is 3.24. The molecule has 146 valence electrons. The van der Waals surface area contributed by atoms with Gasteiger partial charge in [-0.15, -0.1) is 0 Å². The summed E-state index contributed by atoms with van der Waals surface area (Å²) in [6, 6.07) is 7.19. The van der Waals surface area contributed by atoms with Crippen molar-refractivity contribution in [3.8, 4) is 5.75 Å². The highest BCUT2D eigenvalue weighted by molar-refractivity contribution is 6.05. The number of rotatable bonds is 5. The van der Waals surface area contributed by atoms with Crippen molar-refractivity contribution in [1.29, 1.82) is 0 Å². The molecule has 1 aromatic heterocycles. The predicted molar refractivity (Wildman–Crippen MR) is 99.7 cm³/mol. The molecule has 0 aliphatic carbocycles. The summed E-state index contributed by atoms with van der Waals surface area (Å²) >= 11 is 0. The molecule has 0 saturated heterocycles. The van der Waals surface area contributed by atoms with E-state index in [4.69, 9.17) is 0 Å². The Morgan fingerprint density at radius 2 is 1.89 bits per heavy atom. The van der Waals surface area contributed by atoms with E-state index < -0.39 is 35.2 Å². The van der Waals surface area contributed by atoms with Crippen molar-refractivity contribution >= 4 is 22.8 Å². The lowest BCUT2D eigenvalue weighted by molar-refractivity contribution is -0.139. The minimum Gasteiger partial charge on any atom is -0.505 e. The molecule has 1 atom stereocenters. The molecule has 3 rings (SSSR count). The van der Waals surface area contributed by atoms with Crippen LogP contribution in [0.3, 0.4) is 0 Å². The zero-order valence-corrected chi connectivity index (χ0v) is 15.4. The molecule has 5 nitrogen and oxygen atoms in total. The summed E-state index contributed by atoms with van der Waals surface area (Å²) < 4.78 is 28.8. The Hall–Kier alpha value is -3.22. The van der Waals surface area contributed by atoms with Gasteiger partial charge in [0.15, 0.2) is 11.6 Å². The average Bonchev–Trinajstić information content (AvgIpc) is 2.90. The molecule has 28 heavy (non-hydrogen) atoms. The van der Waals surface area contributed by atoms with Gasteiger partial charge in [0.25, 0.3) is 5.91 Å². The molecule has 0 aliphatic rings. The second-order valence-corrected chi connectivity index (χ2v) is 6.65. The third-order valence-corrected chi connectivity index (χ3v) is 4.82. The molecular formula is C21H19F2NO4. The zero-order chi connectivity index (χ0) is 20.6. The van der Waals surface area contributed by atoms with E-state index >= 15 is 0 Å². The van der Waals surface area contributed by atoms with Crippen LogP contribution < -0.4 is 0 Å². The fourth-order valence-corrected chi connectivity index (χ4v) is 3.58. The topological polar surface area (TPSA) is 79.5 Å². The number of carboxylic acid groups (broad SMARTS) is 1. The normalized spacial score (nSPS) is 12.3. The van der Waals surface area contributed by atoms with Gasteiger partial charge in [-0.05, 0) is 43.2 Å². The highest BCUT2D eigenvalue weighted by Crippen LogP contribution is 2.37. The van der Waals surface area contributed by atoms with E-state index in [1.54, 1.807) is 6.92 Å². The van der Waals surface area contributed by atoms with E-state index in [2.05, 4.69) is 0 Å². The van der Waals surface area contributed by atoms with Crippen molar-refractivity contribution < 1.29 is 28.6 Å². The number of aromatic hydroxyl groups is 1. The first-order valence-corrected chi connectivity index (χ1v) is 8.82. The lowest BCUT2D eigenvalue weighted by Gasteiger charge is -2.13. The number of hydrogen-bond donors (Lipinski definition) is 2. The molecule has 0 spiro atoms. The van der Waals surface area contributed by atoms with Crippen molar-refractivity contribution in [3.63, 3.8) is 0 Å². The molecule has 0 fully saturated rings. The summed E-state index contributed by atoms with van der Waals surface area (Å²) in [5, 5.41) is 19.8. The molecule has 0 amide bonds. The summed E-state index contributed by atoms with van der Waals surface area (Å²) in [7, 11) is 0. The van der Waals surface area contributed by atoms with Crippen molar-refractivity contribution in [1.82, 2.24) is 4.57 Å². The van der Waals surface area contributed by atoms with Crippen LogP contribution in [-0.4, -0.2) is 26.7 Å². The molecule has 2 N–H and O–H groups in total. The molecule has 2 aromatic carbocycles. The molecule has 0 saturated carbocycles. The fourth-order valence-electron chi connectivity index (χ4n) is 3.58. The van der Waals surface area contributed by atoms with Gasteiger partial charge in [0.2, 0.25) is 0 Å². The highest BCUT2D eigenvalue weighted by Gasteiger charge is 2.29. The van der Waals surface area contributed by atoms with Gasteiger partial charge in [-0.25, -0.2) is 8.78 Å². The van der Waals surface area contributed by atoms with Gasteiger partial charge in [0.1, 0.15) is 5.82 Å². The number of hydrogen-bond acceptors (Lipinski definition) is 3. The summed E-state index contributed by atoms with van der Waals surface area (Å²) in [5.74, 6) is -4.79. The van der Waals surface area contributed by atoms with Gasteiger partial charge in [0.05, 0.1) is 11.4 Å². The second kappa shape index (κ2) is 7.42. The van der Waals surface area contributed by atoms with Gasteiger partial charge in [-0.2, -0.15) is 0 Å². The van der Waals surface area contributed by atoms with E-state index in [9.17, 15) is 28.6 Å². The van der Waals surface area contributed by atoms with Crippen LogP contribution >= 0.6 is 0 Å². The van der Waals surface area contributed by atoms with Crippen molar-refractivity contribution in [2.45, 2.75) is 32.6 Å². The van der Waals surface area contributed by atoms with Gasteiger partial charge >= 0.3 is 5.97 Å². The van der Waals surface area contributed by atoms with E-state index in [-0.39, 0.29) is 16.5 Å². The van der Waals surface area contributed by atoms with Crippen LogP contribution in [0.1, 0.15) is 47.3 Å². The lowest BCUT2D eigenvalue weighted by atomic mass is 9.92. The number of aromatic nitrogens is 1. The van der Waals surface area contributed by atoms with Crippen LogP contribution in [0, 0.1) is 18.6 Å². The first-order valence-electron chi connectivity index (χ1n) is 8.82. The number of benzene rings is 2. The molecule has 0 aliphatic heterocycles. The molecule has 0 unspecified atom stereocenters. The number of phenolic OH excluding ortho intramolecular Hbond substituents is 1. The monoisotopic (exact) mass is 387 g/mol. The molecular weight excluding hydrogens is 368 g/mol. The van der Waals surface area contributed by atoms with E-state index in [0.717, 1.165) is 18.2 Å². The van der Waals surface area contributed by atoms with Crippen molar-refractivity contribution in [3.05, 3.63) is 64.9 Å². The number of carboxylic acids is 1. The summed E-state index contributed by atoms with van der Waals surface area (Å²) in [6.07, 6.45) is 0.885. The maximum absolute atomic E-state index is 14.1. The summed E-state index contributed by atoms with van der Waals surface area (Å²) in [5.41, 5.74) is 0.821. The van der Waals surface area contributed by atoms with Crippen molar-refractivity contribution in [2.75, 3.05) is 0 Å². The van der Waals surface area contributed by atoms with E-state index in [1.165, 1.54) is 22.8 Å². The average molecular weight is 387 g/mol. The van der Waals surface area contributed by atoms with Crippen LogP contribution in [0.2, 0.25) is 0 Å². The number of carbonyl (C=O) groups is 2. The first kappa shape index (κ1) is 19.5. The lowest BCUT2D eigenvalue weighted by Crippen LogP contribution is -2.16. The SMILES string of the molecule is CCC[C@H](C(=O)O)c1c(C)n(C(=O)c2cccc(F)c2)c2cc(F)c(O)cc12. The quantitative estimate of drug-likeness (QED) is 0.671. The smallest absolute Gasteiger partial charge is 0.311 e. The van der Waals surface area contributed by atoms with Gasteiger partial charge in [-0.1, -0.05) is 19.4 Å². The highest BCUT2D eigenvalue weighted by atomic mass is 19.1. The Balaban J connectivity index is 2.34. The Morgan fingerprint density at radius 3 is 2.50 bits per heavy atom. The fraction of sp³-hybridized carbons (Fsp3) is 0.238. The number of carbonyl (C=O) groups excluding carboxylic acids is 1. The molecule has 1 heterocycles. The van der Waals surface area contributed by atoms with Crippen LogP contribution in [0.5, 0.6) is 5.75 Å².